The molecule has 0 unspecified atom stereocenters. The Hall–Kier alpha value is -2.00. The van der Waals surface area contributed by atoms with Crippen LogP contribution in [0.3, 0.4) is 0 Å². The lowest BCUT2D eigenvalue weighted by molar-refractivity contribution is 0.546. The third-order valence-electron chi connectivity index (χ3n) is 3.31. The second-order valence-corrected chi connectivity index (χ2v) is 6.44. The van der Waals surface area contributed by atoms with E-state index in [9.17, 15) is 0 Å². The first-order chi connectivity index (χ1) is 9.95. The van der Waals surface area contributed by atoms with Crippen LogP contribution in [0, 0.1) is 0 Å². The van der Waals surface area contributed by atoms with Gasteiger partial charge in [-0.1, -0.05) is 56.6 Å². The average molecular weight is 298 g/mol. The first-order valence-corrected chi connectivity index (χ1v) is 7.21. The van der Waals surface area contributed by atoms with Crippen LogP contribution in [0.5, 0.6) is 0 Å². The fourth-order valence-electron chi connectivity index (χ4n) is 2.21. The molecule has 0 radical (unpaired) electrons. The number of benzene rings is 1. The Morgan fingerprint density at radius 1 is 1.00 bits per heavy atom. The summed E-state index contributed by atoms with van der Waals surface area (Å²) in [6.07, 6.45) is 3.68. The molecule has 3 aromatic rings. The maximum absolute atomic E-state index is 6.19. The fraction of sp³-hybridized carbons (Fsp3) is 0.235. The number of aromatic nitrogens is 3. The molecule has 0 aliphatic carbocycles. The predicted molar refractivity (Wildman–Crippen MR) is 86.5 cm³/mol. The number of fused-ring (bicyclic) bond motifs is 1. The van der Waals surface area contributed by atoms with E-state index in [0.29, 0.717) is 5.15 Å². The Morgan fingerprint density at radius 2 is 1.76 bits per heavy atom. The highest BCUT2D eigenvalue weighted by Crippen LogP contribution is 2.29. The van der Waals surface area contributed by atoms with Crippen LogP contribution in [0.4, 0.5) is 0 Å². The quantitative estimate of drug-likeness (QED) is 0.614. The van der Waals surface area contributed by atoms with Gasteiger partial charge in [0.05, 0.1) is 5.69 Å². The zero-order chi connectivity index (χ0) is 15.0. The molecular formula is C17H16ClN3. The van der Waals surface area contributed by atoms with Gasteiger partial charge in [-0.2, -0.15) is 0 Å². The molecular weight excluding hydrogens is 282 g/mol. The molecule has 0 saturated carbocycles. The van der Waals surface area contributed by atoms with Gasteiger partial charge in [0, 0.05) is 34.8 Å². The summed E-state index contributed by atoms with van der Waals surface area (Å²) >= 11 is 6.19. The summed E-state index contributed by atoms with van der Waals surface area (Å²) < 4.78 is 0. The number of nitrogens with zero attached hydrogens (tertiary/aromatic N) is 3. The van der Waals surface area contributed by atoms with Gasteiger partial charge < -0.3 is 0 Å². The summed E-state index contributed by atoms with van der Waals surface area (Å²) in [7, 11) is 0. The molecule has 0 spiro atoms. The van der Waals surface area contributed by atoms with Crippen LogP contribution < -0.4 is 0 Å². The maximum atomic E-state index is 6.19. The molecule has 3 nitrogen and oxygen atoms in total. The molecule has 3 rings (SSSR count). The average Bonchev–Trinajstić information content (AvgIpc) is 2.45. The van der Waals surface area contributed by atoms with E-state index >= 15 is 0 Å². The predicted octanol–water partition coefficient (Wildman–Crippen LogP) is 4.64. The van der Waals surface area contributed by atoms with E-state index in [2.05, 4.69) is 41.8 Å². The SMILES string of the molecule is CC(C)(C)c1nc(Cl)cc(-c2cncc3ccccc23)n1. The number of halogens is 1. The molecule has 0 fully saturated rings. The van der Waals surface area contributed by atoms with Gasteiger partial charge in [0.15, 0.2) is 0 Å². The monoisotopic (exact) mass is 297 g/mol. The van der Waals surface area contributed by atoms with Crippen LogP contribution in [0.25, 0.3) is 22.0 Å². The van der Waals surface area contributed by atoms with Crippen molar-refractivity contribution in [3.8, 4) is 11.3 Å². The summed E-state index contributed by atoms with van der Waals surface area (Å²) in [5.41, 5.74) is 1.63. The van der Waals surface area contributed by atoms with Crippen molar-refractivity contribution in [3.63, 3.8) is 0 Å². The number of hydrogen-bond donors (Lipinski definition) is 0. The zero-order valence-electron chi connectivity index (χ0n) is 12.3. The summed E-state index contributed by atoms with van der Waals surface area (Å²) in [6.45, 7) is 6.22. The topological polar surface area (TPSA) is 38.7 Å². The zero-order valence-corrected chi connectivity index (χ0v) is 13.0. The van der Waals surface area contributed by atoms with Gasteiger partial charge in [-0.05, 0) is 5.39 Å². The van der Waals surface area contributed by atoms with Crippen LogP contribution in [0.1, 0.15) is 26.6 Å². The molecule has 1 aromatic carbocycles. The Bertz CT molecular complexity index is 801. The smallest absolute Gasteiger partial charge is 0.136 e. The highest BCUT2D eigenvalue weighted by Gasteiger charge is 2.19. The lowest BCUT2D eigenvalue weighted by atomic mass is 9.95. The lowest BCUT2D eigenvalue weighted by Gasteiger charge is -2.17. The van der Waals surface area contributed by atoms with Crippen LogP contribution in [0.2, 0.25) is 5.15 Å². The molecule has 0 amide bonds. The minimum atomic E-state index is -0.155. The molecule has 106 valence electrons. The van der Waals surface area contributed by atoms with Crippen LogP contribution in [-0.2, 0) is 5.41 Å². The largest absolute Gasteiger partial charge is 0.263 e. The number of hydrogen-bond acceptors (Lipinski definition) is 3. The molecule has 0 bridgehead atoms. The molecule has 2 aromatic heterocycles. The Balaban J connectivity index is 2.26. The van der Waals surface area contributed by atoms with Gasteiger partial charge in [0.2, 0.25) is 0 Å². The lowest BCUT2D eigenvalue weighted by Crippen LogP contribution is -2.16. The van der Waals surface area contributed by atoms with Crippen molar-refractivity contribution in [3.05, 3.63) is 53.7 Å². The second-order valence-electron chi connectivity index (χ2n) is 6.06. The van der Waals surface area contributed by atoms with Crippen molar-refractivity contribution < 1.29 is 0 Å². The third-order valence-corrected chi connectivity index (χ3v) is 3.50. The second kappa shape index (κ2) is 5.08. The Kier molecular flexibility index (Phi) is 3.38. The first-order valence-electron chi connectivity index (χ1n) is 6.83. The van der Waals surface area contributed by atoms with Crippen LogP contribution in [0.15, 0.2) is 42.7 Å². The molecule has 2 heterocycles. The van der Waals surface area contributed by atoms with Gasteiger partial charge in [-0.15, -0.1) is 0 Å². The Morgan fingerprint density at radius 3 is 2.52 bits per heavy atom. The van der Waals surface area contributed by atoms with Crippen LogP contribution >= 0.6 is 11.6 Å². The summed E-state index contributed by atoms with van der Waals surface area (Å²) in [4.78, 5) is 13.3. The minimum absolute atomic E-state index is 0.155. The molecule has 21 heavy (non-hydrogen) atoms. The maximum Gasteiger partial charge on any atom is 0.136 e. The molecule has 4 heteroatoms. The van der Waals surface area contributed by atoms with Crippen molar-refractivity contribution in [2.75, 3.05) is 0 Å². The molecule has 0 saturated heterocycles. The standard InChI is InChI=1S/C17H16ClN3/c1-17(2,3)16-20-14(8-15(18)21-16)13-10-19-9-11-6-4-5-7-12(11)13/h4-10H,1-3H3. The van der Waals surface area contributed by atoms with E-state index < -0.39 is 0 Å². The number of rotatable bonds is 1. The molecule has 0 N–H and O–H groups in total. The molecule has 0 aliphatic heterocycles. The third kappa shape index (κ3) is 2.74. The van der Waals surface area contributed by atoms with Gasteiger partial charge >= 0.3 is 0 Å². The van der Waals surface area contributed by atoms with Crippen molar-refractivity contribution in [2.24, 2.45) is 0 Å². The minimum Gasteiger partial charge on any atom is -0.263 e. The van der Waals surface area contributed by atoms with E-state index in [0.717, 1.165) is 27.9 Å². The van der Waals surface area contributed by atoms with Gasteiger partial charge in [-0.3, -0.25) is 4.98 Å². The van der Waals surface area contributed by atoms with Crippen molar-refractivity contribution in [2.45, 2.75) is 26.2 Å². The van der Waals surface area contributed by atoms with Crippen molar-refractivity contribution in [1.82, 2.24) is 15.0 Å². The fourth-order valence-corrected chi connectivity index (χ4v) is 2.40. The number of pyridine rings is 1. The van der Waals surface area contributed by atoms with Gasteiger partial charge in [0.1, 0.15) is 11.0 Å². The molecule has 0 aliphatic rings. The van der Waals surface area contributed by atoms with E-state index in [-0.39, 0.29) is 5.41 Å². The summed E-state index contributed by atoms with van der Waals surface area (Å²) in [6, 6.07) is 9.92. The summed E-state index contributed by atoms with van der Waals surface area (Å²) in [5.74, 6) is 0.734. The summed E-state index contributed by atoms with van der Waals surface area (Å²) in [5, 5.41) is 2.65. The van der Waals surface area contributed by atoms with Crippen LogP contribution in [-0.4, -0.2) is 15.0 Å². The van der Waals surface area contributed by atoms with Gasteiger partial charge in [-0.25, -0.2) is 9.97 Å². The first kappa shape index (κ1) is 14.0. The van der Waals surface area contributed by atoms with Crippen molar-refractivity contribution >= 4 is 22.4 Å². The normalized spacial score (nSPS) is 11.8. The van der Waals surface area contributed by atoms with E-state index in [1.54, 1.807) is 6.07 Å². The highest BCUT2D eigenvalue weighted by atomic mass is 35.5. The van der Waals surface area contributed by atoms with E-state index in [1.807, 2.05) is 30.6 Å². The molecule has 0 atom stereocenters. The van der Waals surface area contributed by atoms with E-state index in [1.165, 1.54) is 0 Å². The highest BCUT2D eigenvalue weighted by molar-refractivity contribution is 6.29. The Labute approximate surface area is 129 Å². The van der Waals surface area contributed by atoms with Crippen molar-refractivity contribution in [1.29, 1.82) is 0 Å². The van der Waals surface area contributed by atoms with E-state index in [4.69, 9.17) is 11.6 Å². The van der Waals surface area contributed by atoms with Gasteiger partial charge in [0.25, 0.3) is 0 Å².